The first-order valence-electron chi connectivity index (χ1n) is 14.9. The summed E-state index contributed by atoms with van der Waals surface area (Å²) in [6.07, 6.45) is 18.8. The van der Waals surface area contributed by atoms with Crippen LogP contribution in [0.25, 0.3) is 0 Å². The highest BCUT2D eigenvalue weighted by molar-refractivity contribution is 7.45. The summed E-state index contributed by atoms with van der Waals surface area (Å²) in [5.74, 6) is -1.19. The van der Waals surface area contributed by atoms with E-state index in [0.717, 1.165) is 25.3 Å². The summed E-state index contributed by atoms with van der Waals surface area (Å²) in [4.78, 5) is 35.7. The van der Waals surface area contributed by atoms with Crippen molar-refractivity contribution in [2.24, 2.45) is 0 Å². The van der Waals surface area contributed by atoms with E-state index in [4.69, 9.17) is 18.5 Å². The molecule has 0 saturated carbocycles. The lowest BCUT2D eigenvalue weighted by Crippen LogP contribution is -2.37. The molecular formula is C29H56NO8P. The van der Waals surface area contributed by atoms with Crippen molar-refractivity contribution in [2.45, 2.75) is 116 Å². The first-order valence-corrected chi connectivity index (χ1v) is 16.3. The van der Waals surface area contributed by atoms with Crippen LogP contribution in [0.2, 0.25) is 0 Å². The standard InChI is InChI=1S/C29H56NO8P/c1-6-8-9-10-11-12-13-14-15-16-17-18-19-20-21-22-29(32)35-25-27(38-28(31)7-2)26-37-39(33,34)36-24-23-30(3,4)5/h7,27H,2,6,8-26H2,1,3-5H3/t27-/m1/s1. The maximum absolute atomic E-state index is 12.1. The van der Waals surface area contributed by atoms with Crippen molar-refractivity contribution in [3.63, 3.8) is 0 Å². The number of unbranched alkanes of at least 4 members (excludes halogenated alkanes) is 14. The first kappa shape index (κ1) is 37.8. The fourth-order valence-corrected chi connectivity index (χ4v) is 4.59. The van der Waals surface area contributed by atoms with Gasteiger partial charge in [-0.3, -0.25) is 9.36 Å². The van der Waals surface area contributed by atoms with Crippen molar-refractivity contribution in [3.05, 3.63) is 12.7 Å². The van der Waals surface area contributed by atoms with Crippen LogP contribution < -0.4 is 4.89 Å². The van der Waals surface area contributed by atoms with Gasteiger partial charge in [-0.25, -0.2) is 4.79 Å². The van der Waals surface area contributed by atoms with Crippen LogP contribution in [-0.2, 0) is 32.7 Å². The molecule has 2 atom stereocenters. The number of rotatable bonds is 27. The number of hydrogen-bond donors (Lipinski definition) is 0. The van der Waals surface area contributed by atoms with Gasteiger partial charge >= 0.3 is 11.9 Å². The Morgan fingerprint density at radius 3 is 1.77 bits per heavy atom. The normalized spacial score (nSPS) is 14.0. The minimum atomic E-state index is -4.60. The van der Waals surface area contributed by atoms with E-state index in [9.17, 15) is 19.0 Å². The monoisotopic (exact) mass is 577 g/mol. The zero-order valence-electron chi connectivity index (χ0n) is 25.2. The number of ether oxygens (including phenoxy) is 2. The van der Waals surface area contributed by atoms with Crippen LogP contribution in [0.5, 0.6) is 0 Å². The molecule has 9 nitrogen and oxygen atoms in total. The number of phosphoric acid groups is 1. The molecular weight excluding hydrogens is 521 g/mol. The molecule has 0 saturated heterocycles. The molecule has 0 N–H and O–H groups in total. The summed E-state index contributed by atoms with van der Waals surface area (Å²) in [5.41, 5.74) is 0. The van der Waals surface area contributed by atoms with Crippen molar-refractivity contribution >= 4 is 19.8 Å². The van der Waals surface area contributed by atoms with E-state index >= 15 is 0 Å². The van der Waals surface area contributed by atoms with Crippen molar-refractivity contribution in [1.82, 2.24) is 0 Å². The molecule has 0 aromatic rings. The molecule has 39 heavy (non-hydrogen) atoms. The van der Waals surface area contributed by atoms with E-state index in [0.29, 0.717) is 11.0 Å². The number of quaternary nitrogens is 1. The third-order valence-electron chi connectivity index (χ3n) is 6.29. The largest absolute Gasteiger partial charge is 0.756 e. The number of carbonyl (C=O) groups is 2. The Bertz CT molecular complexity index is 695. The molecule has 0 spiro atoms. The lowest BCUT2D eigenvalue weighted by molar-refractivity contribution is -0.870. The molecule has 230 valence electrons. The minimum Gasteiger partial charge on any atom is -0.756 e. The van der Waals surface area contributed by atoms with Crippen molar-refractivity contribution in [1.29, 1.82) is 0 Å². The molecule has 0 amide bonds. The first-order chi connectivity index (χ1) is 18.5. The number of esters is 2. The van der Waals surface area contributed by atoms with Gasteiger partial charge in [0.05, 0.1) is 27.7 Å². The molecule has 1 unspecified atom stereocenters. The second-order valence-electron chi connectivity index (χ2n) is 11.2. The zero-order chi connectivity index (χ0) is 29.4. The maximum Gasteiger partial charge on any atom is 0.330 e. The SMILES string of the molecule is C=CC(=O)O[C@H](COC(=O)CCCCCCCCCCCCCCCCC)COP(=O)([O-])OCC[N+](C)(C)C. The minimum absolute atomic E-state index is 0.0460. The number of phosphoric ester groups is 1. The van der Waals surface area contributed by atoms with Gasteiger partial charge in [-0.2, -0.15) is 0 Å². The van der Waals surface area contributed by atoms with Crippen LogP contribution in [0, 0.1) is 0 Å². The van der Waals surface area contributed by atoms with E-state index in [-0.39, 0.29) is 19.6 Å². The van der Waals surface area contributed by atoms with E-state index in [2.05, 4.69) is 13.5 Å². The molecule has 0 radical (unpaired) electrons. The summed E-state index contributed by atoms with van der Waals surface area (Å²) in [6.45, 7) is 5.16. The Hall–Kier alpha value is -1.25. The highest BCUT2D eigenvalue weighted by atomic mass is 31.2. The third kappa shape index (κ3) is 26.7. The van der Waals surface area contributed by atoms with Crippen molar-refractivity contribution in [3.8, 4) is 0 Å². The van der Waals surface area contributed by atoms with Crippen LogP contribution in [0.3, 0.4) is 0 Å². The number of likely N-dealkylation sites (N-methyl/N-ethyl adjacent to an activating group) is 1. The molecule has 0 heterocycles. The molecule has 0 aromatic heterocycles. The predicted octanol–water partition coefficient (Wildman–Crippen LogP) is 6.10. The molecule has 0 aliphatic carbocycles. The molecule has 0 fully saturated rings. The van der Waals surface area contributed by atoms with Gasteiger partial charge in [0, 0.05) is 12.5 Å². The number of nitrogens with zero attached hydrogens (tertiary/aromatic N) is 1. The van der Waals surface area contributed by atoms with Gasteiger partial charge in [-0.15, -0.1) is 0 Å². The van der Waals surface area contributed by atoms with Crippen molar-refractivity contribution < 1.29 is 42.1 Å². The Balaban J connectivity index is 3.98. The van der Waals surface area contributed by atoms with Crippen LogP contribution in [0.4, 0.5) is 0 Å². The van der Waals surface area contributed by atoms with Crippen LogP contribution >= 0.6 is 7.82 Å². The smallest absolute Gasteiger partial charge is 0.330 e. The van der Waals surface area contributed by atoms with Gasteiger partial charge in [0.25, 0.3) is 7.82 Å². The topological polar surface area (TPSA) is 111 Å². The van der Waals surface area contributed by atoms with Gasteiger partial charge < -0.3 is 27.9 Å². The van der Waals surface area contributed by atoms with Crippen LogP contribution in [0.1, 0.15) is 110 Å². The van der Waals surface area contributed by atoms with Crippen LogP contribution in [-0.4, -0.2) is 70.0 Å². The average molecular weight is 578 g/mol. The fraction of sp³-hybridized carbons (Fsp3) is 0.862. The molecule has 0 bridgehead atoms. The third-order valence-corrected chi connectivity index (χ3v) is 7.26. The lowest BCUT2D eigenvalue weighted by Gasteiger charge is -2.28. The average Bonchev–Trinajstić information content (AvgIpc) is 2.86. The van der Waals surface area contributed by atoms with E-state index < -0.39 is 32.5 Å². The molecule has 0 rings (SSSR count). The molecule has 0 aliphatic heterocycles. The molecule has 10 heteroatoms. The fourth-order valence-electron chi connectivity index (χ4n) is 3.87. The number of hydrogen-bond acceptors (Lipinski definition) is 8. The van der Waals surface area contributed by atoms with E-state index in [1.165, 1.54) is 77.0 Å². The Morgan fingerprint density at radius 1 is 0.821 bits per heavy atom. The van der Waals surface area contributed by atoms with Gasteiger partial charge in [0.2, 0.25) is 0 Å². The Labute approximate surface area is 237 Å². The second kappa shape index (κ2) is 23.5. The summed E-state index contributed by atoms with van der Waals surface area (Å²) in [5, 5.41) is 0. The predicted molar refractivity (Wildman–Crippen MR) is 153 cm³/mol. The van der Waals surface area contributed by atoms with Crippen LogP contribution in [0.15, 0.2) is 12.7 Å². The van der Waals surface area contributed by atoms with Crippen molar-refractivity contribution in [2.75, 3.05) is 47.5 Å². The lowest BCUT2D eigenvalue weighted by atomic mass is 10.0. The highest BCUT2D eigenvalue weighted by Crippen LogP contribution is 2.38. The summed E-state index contributed by atoms with van der Waals surface area (Å²) >= 11 is 0. The van der Waals surface area contributed by atoms with Gasteiger partial charge in [0.15, 0.2) is 6.10 Å². The maximum atomic E-state index is 12.1. The van der Waals surface area contributed by atoms with Gasteiger partial charge in [-0.05, 0) is 6.42 Å². The zero-order valence-corrected chi connectivity index (χ0v) is 26.1. The summed E-state index contributed by atoms with van der Waals surface area (Å²) < 4.78 is 32.5. The second-order valence-corrected chi connectivity index (χ2v) is 12.6. The number of carbonyl (C=O) groups excluding carboxylic acids is 2. The van der Waals surface area contributed by atoms with Gasteiger partial charge in [0.1, 0.15) is 19.8 Å². The van der Waals surface area contributed by atoms with Gasteiger partial charge in [-0.1, -0.05) is 103 Å². The quantitative estimate of drug-likeness (QED) is 0.0379. The molecule has 0 aliphatic rings. The Morgan fingerprint density at radius 2 is 1.31 bits per heavy atom. The van der Waals surface area contributed by atoms with E-state index in [1.807, 2.05) is 21.1 Å². The summed E-state index contributed by atoms with van der Waals surface area (Å²) in [6, 6.07) is 0. The summed E-state index contributed by atoms with van der Waals surface area (Å²) in [7, 11) is 1.11. The van der Waals surface area contributed by atoms with E-state index in [1.54, 1.807) is 0 Å². The highest BCUT2D eigenvalue weighted by Gasteiger charge is 2.20. The molecule has 0 aromatic carbocycles. The Kier molecular flexibility index (Phi) is 22.7.